The molecule has 6 nitrogen and oxygen atoms in total. The third kappa shape index (κ3) is 5.04. The summed E-state index contributed by atoms with van der Waals surface area (Å²) < 4.78 is 33.6. The number of rotatable bonds is 7. The largest absolute Gasteiger partial charge is 0.386 e. The van der Waals surface area contributed by atoms with Crippen molar-refractivity contribution in [2.75, 3.05) is 20.0 Å². The summed E-state index contributed by atoms with van der Waals surface area (Å²) in [4.78, 5) is 9.62. The summed E-state index contributed by atoms with van der Waals surface area (Å²) in [5.41, 5.74) is 0. The lowest BCUT2D eigenvalue weighted by Gasteiger charge is -2.24. The summed E-state index contributed by atoms with van der Waals surface area (Å²) in [6.45, 7) is 0.458. The van der Waals surface area contributed by atoms with Crippen LogP contribution in [-0.4, -0.2) is 63.1 Å². The lowest BCUT2D eigenvalue weighted by molar-refractivity contribution is -0.0440. The minimum absolute atomic E-state index is 0.0580. The van der Waals surface area contributed by atoms with Crippen molar-refractivity contribution >= 4 is 26.0 Å². The van der Waals surface area contributed by atoms with Crippen molar-refractivity contribution < 1.29 is 28.2 Å². The Morgan fingerprint density at radius 3 is 2.58 bits per heavy atom. The van der Waals surface area contributed by atoms with Gasteiger partial charge in [0, 0.05) is 7.11 Å². The van der Waals surface area contributed by atoms with Gasteiger partial charge in [-0.15, -0.1) is 0 Å². The first-order valence-corrected chi connectivity index (χ1v) is 9.58. The van der Waals surface area contributed by atoms with E-state index in [1.165, 1.54) is 13.4 Å². The molecule has 9 heteroatoms. The third-order valence-corrected chi connectivity index (χ3v) is 5.51. The van der Waals surface area contributed by atoms with Crippen LogP contribution in [0.4, 0.5) is 0 Å². The zero-order chi connectivity index (χ0) is 14.6. The molecule has 0 aromatic rings. The van der Waals surface area contributed by atoms with Gasteiger partial charge in [0.25, 0.3) is 0 Å². The van der Waals surface area contributed by atoms with Crippen LogP contribution in [0.5, 0.6) is 0 Å². The van der Waals surface area contributed by atoms with E-state index in [2.05, 4.69) is 0 Å². The molecule has 1 aliphatic heterocycles. The first kappa shape index (κ1) is 17.5. The van der Waals surface area contributed by atoms with Crippen LogP contribution in [0.3, 0.4) is 0 Å². The van der Waals surface area contributed by atoms with E-state index in [1.54, 1.807) is 0 Å². The number of hydrogen-bond donors (Lipinski definition) is 1. The standard InChI is InChI=1S/C10H22BO6PS/c1-6(2)15-5-7-8(17-18(12,13)19-4)9(14-3)10(11)16-7/h6-10H,5,11H2,1-4H3,(H,12,13)/t7-,8-,9-,10-/m1/s1. The average molecular weight is 312 g/mol. The molecule has 1 aliphatic rings. The fourth-order valence-electron chi connectivity index (χ4n) is 1.98. The van der Waals surface area contributed by atoms with Gasteiger partial charge in [0.2, 0.25) is 0 Å². The number of ether oxygens (including phenoxy) is 3. The highest BCUT2D eigenvalue weighted by Crippen LogP contribution is 2.56. The Morgan fingerprint density at radius 2 is 2.11 bits per heavy atom. The minimum Gasteiger partial charge on any atom is -0.377 e. The predicted octanol–water partition coefficient (Wildman–Crippen LogP) is 0.633. The van der Waals surface area contributed by atoms with E-state index in [4.69, 9.17) is 18.7 Å². The molecule has 1 heterocycles. The van der Waals surface area contributed by atoms with E-state index in [9.17, 15) is 9.46 Å². The molecular formula is C10H22BO6PS. The van der Waals surface area contributed by atoms with E-state index in [0.29, 0.717) is 6.61 Å². The van der Waals surface area contributed by atoms with Gasteiger partial charge in [0.15, 0.2) is 0 Å². The summed E-state index contributed by atoms with van der Waals surface area (Å²) in [5, 5.41) is 0. The Balaban J connectivity index is 2.75. The van der Waals surface area contributed by atoms with Gasteiger partial charge in [-0.2, -0.15) is 0 Å². The minimum atomic E-state index is -3.68. The Labute approximate surface area is 119 Å². The normalized spacial score (nSPS) is 34.6. The van der Waals surface area contributed by atoms with Gasteiger partial charge in [-0.05, 0) is 31.5 Å². The molecule has 0 aromatic heterocycles. The molecule has 1 saturated heterocycles. The Hall–Kier alpha value is 0.445. The summed E-state index contributed by atoms with van der Waals surface area (Å²) in [7, 11) is 3.38. The van der Waals surface area contributed by atoms with Gasteiger partial charge in [0.05, 0.1) is 18.7 Å². The van der Waals surface area contributed by atoms with Gasteiger partial charge >= 0.3 is 6.80 Å². The van der Waals surface area contributed by atoms with Crippen molar-refractivity contribution in [3.63, 3.8) is 0 Å². The molecule has 0 aliphatic carbocycles. The smallest absolute Gasteiger partial charge is 0.377 e. The van der Waals surface area contributed by atoms with E-state index >= 15 is 0 Å². The van der Waals surface area contributed by atoms with Gasteiger partial charge in [-0.1, -0.05) is 0 Å². The van der Waals surface area contributed by atoms with Crippen molar-refractivity contribution in [2.24, 2.45) is 0 Å². The molecular weight excluding hydrogens is 290 g/mol. The molecule has 0 amide bonds. The summed E-state index contributed by atoms with van der Waals surface area (Å²) in [6.07, 6.45) is 0.189. The van der Waals surface area contributed by atoms with Crippen LogP contribution in [-0.2, 0) is 23.3 Å². The molecule has 112 valence electrons. The van der Waals surface area contributed by atoms with Gasteiger partial charge in [-0.3, -0.25) is 4.52 Å². The van der Waals surface area contributed by atoms with Crippen LogP contribution in [0.15, 0.2) is 0 Å². The summed E-state index contributed by atoms with van der Waals surface area (Å²) >= 11 is 0.791. The molecule has 0 aromatic carbocycles. The second kappa shape index (κ2) is 7.45. The van der Waals surface area contributed by atoms with E-state index in [-0.39, 0.29) is 18.2 Å². The molecule has 0 bridgehead atoms. The van der Waals surface area contributed by atoms with Crippen LogP contribution < -0.4 is 0 Å². The van der Waals surface area contributed by atoms with Crippen LogP contribution in [0.1, 0.15) is 13.8 Å². The second-order valence-electron chi connectivity index (χ2n) is 4.68. The molecule has 5 atom stereocenters. The molecule has 19 heavy (non-hydrogen) atoms. The van der Waals surface area contributed by atoms with Gasteiger partial charge in [0.1, 0.15) is 26.2 Å². The van der Waals surface area contributed by atoms with Crippen LogP contribution in [0, 0.1) is 0 Å². The molecule has 0 radical (unpaired) electrons. The average Bonchev–Trinajstić information content (AvgIpc) is 2.62. The highest BCUT2D eigenvalue weighted by atomic mass is 32.7. The molecule has 1 fully saturated rings. The molecule has 1 rings (SSSR count). The highest BCUT2D eigenvalue weighted by molar-refractivity contribution is 8.54. The summed E-state index contributed by atoms with van der Waals surface area (Å²) in [5.74, 6) is 0. The first-order chi connectivity index (χ1) is 8.80. The third-order valence-electron chi connectivity index (χ3n) is 2.89. The van der Waals surface area contributed by atoms with E-state index in [1.807, 2.05) is 21.7 Å². The number of methoxy groups -OCH3 is 1. The molecule has 1 N–H and O–H groups in total. The Kier molecular flexibility index (Phi) is 6.86. The summed E-state index contributed by atoms with van der Waals surface area (Å²) in [6, 6.07) is -0.211. The zero-order valence-electron chi connectivity index (χ0n) is 11.9. The highest BCUT2D eigenvalue weighted by Gasteiger charge is 2.46. The van der Waals surface area contributed by atoms with Gasteiger partial charge in [-0.25, -0.2) is 4.57 Å². The Bertz CT molecular complexity index is 331. The molecule has 0 spiro atoms. The van der Waals surface area contributed by atoms with E-state index in [0.717, 1.165) is 11.4 Å². The Morgan fingerprint density at radius 1 is 1.47 bits per heavy atom. The topological polar surface area (TPSA) is 74.2 Å². The van der Waals surface area contributed by atoms with E-state index < -0.39 is 19.0 Å². The fourth-order valence-corrected chi connectivity index (χ4v) is 3.19. The van der Waals surface area contributed by atoms with Crippen molar-refractivity contribution in [1.29, 1.82) is 0 Å². The van der Waals surface area contributed by atoms with Crippen LogP contribution in [0.25, 0.3) is 0 Å². The monoisotopic (exact) mass is 312 g/mol. The fraction of sp³-hybridized carbons (Fsp3) is 1.00. The van der Waals surface area contributed by atoms with Crippen LogP contribution in [0.2, 0.25) is 0 Å². The SMILES string of the molecule is B[C@@H]1O[C@H](COC(C)C)[C@@H](OP(=O)(O)SC)[C@H]1OC. The zero-order valence-corrected chi connectivity index (χ0v) is 13.6. The van der Waals surface area contributed by atoms with Crippen molar-refractivity contribution in [3.05, 3.63) is 0 Å². The van der Waals surface area contributed by atoms with Gasteiger partial charge < -0.3 is 19.1 Å². The maximum atomic E-state index is 11.7. The van der Waals surface area contributed by atoms with Crippen molar-refractivity contribution in [1.82, 2.24) is 0 Å². The lowest BCUT2D eigenvalue weighted by atomic mass is 9.93. The van der Waals surface area contributed by atoms with Crippen LogP contribution >= 0.6 is 18.2 Å². The first-order valence-electron chi connectivity index (χ1n) is 6.17. The predicted molar refractivity (Wildman–Crippen MR) is 77.3 cm³/mol. The van der Waals surface area contributed by atoms with Crippen molar-refractivity contribution in [3.8, 4) is 0 Å². The molecule has 1 unspecified atom stereocenters. The maximum Gasteiger partial charge on any atom is 0.386 e. The lowest BCUT2D eigenvalue weighted by Crippen LogP contribution is -2.38. The maximum absolute atomic E-state index is 11.7. The second-order valence-corrected chi connectivity index (χ2v) is 8.68. The quantitative estimate of drug-likeness (QED) is 0.546. The van der Waals surface area contributed by atoms with Crippen molar-refractivity contribution in [2.45, 2.75) is 44.3 Å². The number of hydrogen-bond acceptors (Lipinski definition) is 6. The molecule has 0 saturated carbocycles.